The van der Waals surface area contributed by atoms with Gasteiger partial charge in [-0.3, -0.25) is 14.5 Å². The van der Waals surface area contributed by atoms with Gasteiger partial charge in [0.2, 0.25) is 0 Å². The summed E-state index contributed by atoms with van der Waals surface area (Å²) in [5.41, 5.74) is 1.76. The zero-order valence-corrected chi connectivity index (χ0v) is 14.6. The van der Waals surface area contributed by atoms with Crippen LogP contribution in [-0.4, -0.2) is 41.9 Å². The van der Waals surface area contributed by atoms with Crippen LogP contribution in [0.4, 0.5) is 4.39 Å². The molecule has 0 spiro atoms. The molecule has 0 aliphatic carbocycles. The van der Waals surface area contributed by atoms with Crippen LogP contribution in [-0.2, 0) is 23.2 Å². The van der Waals surface area contributed by atoms with E-state index in [9.17, 15) is 14.0 Å². The highest BCUT2D eigenvalue weighted by atomic mass is 19.1. The van der Waals surface area contributed by atoms with Gasteiger partial charge in [-0.15, -0.1) is 0 Å². The minimum Gasteiger partial charge on any atom is -0.353 e. The fraction of sp³-hybridized carbons (Fsp3) is 0.333. The van der Waals surface area contributed by atoms with Crippen LogP contribution >= 0.6 is 0 Å². The van der Waals surface area contributed by atoms with Crippen molar-refractivity contribution >= 4 is 11.8 Å². The normalized spacial score (nSPS) is 12.0. The van der Waals surface area contributed by atoms with E-state index in [4.69, 9.17) is 0 Å². The van der Waals surface area contributed by atoms with E-state index in [0.29, 0.717) is 6.54 Å². The Hall–Kier alpha value is -2.67. The SMILES string of the molecule is CN(C)C(CNC(=O)C(=O)NCc1ccc(F)cc1)c1cccn1C. The molecular weight excluding hydrogens is 323 g/mol. The van der Waals surface area contributed by atoms with Gasteiger partial charge in [-0.25, -0.2) is 4.39 Å². The van der Waals surface area contributed by atoms with Gasteiger partial charge in [0.05, 0.1) is 6.04 Å². The molecule has 1 aromatic carbocycles. The lowest BCUT2D eigenvalue weighted by molar-refractivity contribution is -0.139. The molecule has 0 saturated carbocycles. The summed E-state index contributed by atoms with van der Waals surface area (Å²) in [5, 5.41) is 5.18. The third-order valence-corrected chi connectivity index (χ3v) is 3.98. The second kappa shape index (κ2) is 8.43. The van der Waals surface area contributed by atoms with Gasteiger partial charge in [-0.2, -0.15) is 0 Å². The van der Waals surface area contributed by atoms with Crippen molar-refractivity contribution in [2.24, 2.45) is 7.05 Å². The number of aromatic nitrogens is 1. The van der Waals surface area contributed by atoms with Crippen molar-refractivity contribution in [3.8, 4) is 0 Å². The number of hydrogen-bond donors (Lipinski definition) is 2. The summed E-state index contributed by atoms with van der Waals surface area (Å²) in [6.45, 7) is 0.481. The Morgan fingerprint density at radius 1 is 1.12 bits per heavy atom. The van der Waals surface area contributed by atoms with Crippen LogP contribution in [0.1, 0.15) is 17.3 Å². The van der Waals surface area contributed by atoms with E-state index in [1.165, 1.54) is 12.1 Å². The first-order chi connectivity index (χ1) is 11.9. The number of amides is 2. The quantitative estimate of drug-likeness (QED) is 0.773. The predicted molar refractivity (Wildman–Crippen MR) is 93.1 cm³/mol. The number of aryl methyl sites for hydroxylation is 1. The van der Waals surface area contributed by atoms with E-state index >= 15 is 0 Å². The molecule has 25 heavy (non-hydrogen) atoms. The second-order valence-corrected chi connectivity index (χ2v) is 6.04. The fourth-order valence-corrected chi connectivity index (χ4v) is 2.51. The van der Waals surface area contributed by atoms with Crippen molar-refractivity contribution in [2.75, 3.05) is 20.6 Å². The lowest BCUT2D eigenvalue weighted by Gasteiger charge is -2.25. The second-order valence-electron chi connectivity index (χ2n) is 6.04. The summed E-state index contributed by atoms with van der Waals surface area (Å²) in [6, 6.07) is 9.60. The van der Waals surface area contributed by atoms with Crippen LogP contribution in [0.3, 0.4) is 0 Å². The van der Waals surface area contributed by atoms with E-state index in [2.05, 4.69) is 10.6 Å². The molecule has 0 aliphatic rings. The Labute approximate surface area is 146 Å². The molecular formula is C18H23FN4O2. The molecule has 0 saturated heterocycles. The first-order valence-electron chi connectivity index (χ1n) is 7.96. The summed E-state index contributed by atoms with van der Waals surface area (Å²) in [4.78, 5) is 25.9. The third kappa shape index (κ3) is 5.15. The highest BCUT2D eigenvalue weighted by Gasteiger charge is 2.20. The molecule has 1 heterocycles. The zero-order valence-electron chi connectivity index (χ0n) is 14.6. The lowest BCUT2D eigenvalue weighted by Crippen LogP contribution is -2.43. The molecule has 2 amide bonds. The Morgan fingerprint density at radius 2 is 1.76 bits per heavy atom. The van der Waals surface area contributed by atoms with E-state index in [1.807, 2.05) is 48.9 Å². The maximum Gasteiger partial charge on any atom is 0.309 e. The smallest absolute Gasteiger partial charge is 0.309 e. The molecule has 7 heteroatoms. The largest absolute Gasteiger partial charge is 0.353 e. The molecule has 1 atom stereocenters. The molecule has 0 aliphatic heterocycles. The number of halogens is 1. The van der Waals surface area contributed by atoms with Gasteiger partial charge in [-0.05, 0) is 43.9 Å². The highest BCUT2D eigenvalue weighted by molar-refractivity contribution is 6.35. The minimum absolute atomic E-state index is 0.0474. The van der Waals surface area contributed by atoms with E-state index in [1.54, 1.807) is 12.1 Å². The van der Waals surface area contributed by atoms with Crippen molar-refractivity contribution in [3.05, 3.63) is 59.7 Å². The Balaban J connectivity index is 1.86. The average Bonchev–Trinajstić information content (AvgIpc) is 2.99. The minimum atomic E-state index is -0.714. The van der Waals surface area contributed by atoms with Gasteiger partial charge >= 0.3 is 11.8 Å². The molecule has 1 unspecified atom stereocenters. The number of nitrogens with one attached hydrogen (secondary N) is 2. The molecule has 0 fully saturated rings. The lowest BCUT2D eigenvalue weighted by atomic mass is 10.2. The first kappa shape index (κ1) is 18.7. The Kier molecular flexibility index (Phi) is 6.30. The van der Waals surface area contributed by atoms with Crippen LogP contribution in [0.2, 0.25) is 0 Å². The number of hydrogen-bond acceptors (Lipinski definition) is 3. The fourth-order valence-electron chi connectivity index (χ4n) is 2.51. The van der Waals surface area contributed by atoms with Crippen LogP contribution in [0.15, 0.2) is 42.6 Å². The Bertz CT molecular complexity index is 725. The topological polar surface area (TPSA) is 66.4 Å². The maximum absolute atomic E-state index is 12.8. The molecule has 0 bridgehead atoms. The van der Waals surface area contributed by atoms with Gasteiger partial charge < -0.3 is 15.2 Å². The van der Waals surface area contributed by atoms with Crippen LogP contribution in [0.5, 0.6) is 0 Å². The first-order valence-corrected chi connectivity index (χ1v) is 7.96. The highest BCUT2D eigenvalue weighted by Crippen LogP contribution is 2.17. The predicted octanol–water partition coefficient (Wildman–Crippen LogP) is 1.20. The molecule has 1 aromatic heterocycles. The van der Waals surface area contributed by atoms with Crippen LogP contribution < -0.4 is 10.6 Å². The van der Waals surface area contributed by atoms with E-state index in [0.717, 1.165) is 11.3 Å². The van der Waals surface area contributed by atoms with Crippen molar-refractivity contribution in [3.63, 3.8) is 0 Å². The van der Waals surface area contributed by atoms with E-state index < -0.39 is 11.8 Å². The van der Waals surface area contributed by atoms with Crippen molar-refractivity contribution in [1.29, 1.82) is 0 Å². The summed E-state index contributed by atoms with van der Waals surface area (Å²) in [5.74, 6) is -1.75. The van der Waals surface area contributed by atoms with Crippen molar-refractivity contribution < 1.29 is 14.0 Å². The number of likely N-dealkylation sites (N-methyl/N-ethyl adjacent to an activating group) is 1. The molecule has 0 radical (unpaired) electrons. The molecule has 134 valence electrons. The number of benzene rings is 1. The Morgan fingerprint density at radius 3 is 2.32 bits per heavy atom. The number of nitrogens with zero attached hydrogens (tertiary/aromatic N) is 2. The molecule has 6 nitrogen and oxygen atoms in total. The third-order valence-electron chi connectivity index (χ3n) is 3.98. The number of rotatable bonds is 6. The molecule has 2 N–H and O–H groups in total. The summed E-state index contributed by atoms with van der Waals surface area (Å²) in [7, 11) is 5.76. The van der Waals surface area contributed by atoms with Crippen LogP contribution in [0, 0.1) is 5.82 Å². The van der Waals surface area contributed by atoms with Crippen LogP contribution in [0.25, 0.3) is 0 Å². The average molecular weight is 346 g/mol. The van der Waals surface area contributed by atoms with Gasteiger partial charge in [0.25, 0.3) is 0 Å². The molecule has 2 aromatic rings. The van der Waals surface area contributed by atoms with Crippen molar-refractivity contribution in [2.45, 2.75) is 12.6 Å². The summed E-state index contributed by atoms with van der Waals surface area (Å²) >= 11 is 0. The van der Waals surface area contributed by atoms with Gasteiger partial charge in [0.1, 0.15) is 5.82 Å². The number of carbonyl (C=O) groups excluding carboxylic acids is 2. The standard InChI is InChI=1S/C18H23FN4O2/c1-22(2)16(15-5-4-10-23(15)3)12-21-18(25)17(24)20-11-13-6-8-14(19)9-7-13/h4-10,16H,11-12H2,1-3H3,(H,20,24)(H,21,25). The zero-order chi connectivity index (χ0) is 18.4. The van der Waals surface area contributed by atoms with Gasteiger partial charge in [0, 0.05) is 32.0 Å². The molecule has 2 rings (SSSR count). The number of carbonyl (C=O) groups is 2. The van der Waals surface area contributed by atoms with E-state index in [-0.39, 0.29) is 18.4 Å². The monoisotopic (exact) mass is 346 g/mol. The maximum atomic E-state index is 12.8. The van der Waals surface area contributed by atoms with Gasteiger partial charge in [0.15, 0.2) is 0 Å². The van der Waals surface area contributed by atoms with Gasteiger partial charge in [-0.1, -0.05) is 12.1 Å². The summed E-state index contributed by atoms with van der Waals surface area (Å²) < 4.78 is 14.8. The summed E-state index contributed by atoms with van der Waals surface area (Å²) in [6.07, 6.45) is 1.93. The van der Waals surface area contributed by atoms with Crippen molar-refractivity contribution in [1.82, 2.24) is 20.1 Å².